The summed E-state index contributed by atoms with van der Waals surface area (Å²) in [6.45, 7) is 3.58. The number of nitrogens with two attached hydrogens (primary N) is 1. The molecule has 1 saturated heterocycles. The first-order chi connectivity index (χ1) is 28.9. The summed E-state index contributed by atoms with van der Waals surface area (Å²) in [4.78, 5) is 56.2. The van der Waals surface area contributed by atoms with Crippen LogP contribution in [0.15, 0.2) is 73.8 Å². The molecule has 1 aromatic carbocycles. The van der Waals surface area contributed by atoms with Gasteiger partial charge in [-0.05, 0) is 75.1 Å². The van der Waals surface area contributed by atoms with Crippen molar-refractivity contribution in [2.75, 3.05) is 45.7 Å². The minimum absolute atomic E-state index is 0.00368. The molecule has 1 aromatic heterocycles. The van der Waals surface area contributed by atoms with Crippen LogP contribution in [0, 0.1) is 23.7 Å². The summed E-state index contributed by atoms with van der Waals surface area (Å²) in [6.07, 6.45) is 8.21. The maximum atomic E-state index is 14.5. The van der Waals surface area contributed by atoms with E-state index in [1.54, 1.807) is 53.6 Å². The fourth-order valence-electron chi connectivity index (χ4n) is 10.7. The molecule has 0 bridgehead atoms. The van der Waals surface area contributed by atoms with Crippen molar-refractivity contribution < 1.29 is 43.6 Å². The van der Waals surface area contributed by atoms with Crippen molar-refractivity contribution in [2.45, 2.75) is 80.9 Å². The number of nitrogens with zero attached hydrogens (tertiary/aromatic N) is 1. The monoisotopic (exact) mass is 862 g/mol. The molecule has 8 rings (SSSR count). The van der Waals surface area contributed by atoms with E-state index < -0.39 is 41.2 Å². The van der Waals surface area contributed by atoms with Crippen LogP contribution in [0.3, 0.4) is 0 Å². The van der Waals surface area contributed by atoms with E-state index in [1.165, 1.54) is 0 Å². The molecule has 0 radical (unpaired) electrons. The standard InChI is InChI=1S/C44H54N4O10S2/c1-4-23(7-9-50)42(55)58-43(2)30(21-52)12-29-22-59-60-35-13-28(20-51)39(46-3)32-19-48(40(32)35)37(53)14-27-18-47-36(45)15-31(27)38(29)44(43)17-26-11-25-10-24(6-5-8-49)41(54)56-33(25)16-34(26)57-44/h4,10-12,15-16,20,28,30,32,35,38-40,46-47,49-50,52H,5-9,13-14,17-19,21-22,45H2,1-3H3/b23-4+/t28-,30-,32-,35-,38+,39+,40-,43-,44-/m1/s1. The number of nitrogens with one attached hydrogen (secondary N) is 2. The van der Waals surface area contributed by atoms with Gasteiger partial charge in [0.25, 0.3) is 0 Å². The third kappa shape index (κ3) is 7.10. The Morgan fingerprint density at radius 2 is 2.02 bits per heavy atom. The Morgan fingerprint density at radius 1 is 1.20 bits per heavy atom. The zero-order valence-electron chi connectivity index (χ0n) is 34.1. The van der Waals surface area contributed by atoms with Crippen LogP contribution in [0.4, 0.5) is 0 Å². The summed E-state index contributed by atoms with van der Waals surface area (Å²) in [7, 11) is 5.20. The molecule has 5 heterocycles. The average Bonchev–Trinajstić information content (AvgIpc) is 3.59. The van der Waals surface area contributed by atoms with Crippen molar-refractivity contribution in [2.24, 2.45) is 29.4 Å². The first kappa shape index (κ1) is 42.6. The second-order valence-electron chi connectivity index (χ2n) is 16.9. The van der Waals surface area contributed by atoms with E-state index >= 15 is 0 Å². The highest BCUT2D eigenvalue weighted by molar-refractivity contribution is 8.77. The topological polar surface area (TPSA) is 214 Å². The number of rotatable bonds is 10. The van der Waals surface area contributed by atoms with E-state index in [0.29, 0.717) is 66.2 Å². The van der Waals surface area contributed by atoms with Crippen LogP contribution in [0.2, 0.25) is 0 Å². The fourth-order valence-corrected chi connectivity index (χ4v) is 13.8. The molecule has 16 heteroatoms. The third-order valence-electron chi connectivity index (χ3n) is 13.8. The van der Waals surface area contributed by atoms with Gasteiger partial charge in [-0.1, -0.05) is 39.3 Å². The van der Waals surface area contributed by atoms with Crippen LogP contribution < -0.4 is 26.7 Å². The van der Waals surface area contributed by atoms with Crippen molar-refractivity contribution >= 4 is 50.7 Å². The Labute approximate surface area is 356 Å². The lowest BCUT2D eigenvalue weighted by atomic mass is 9.57. The minimum Gasteiger partial charge on any atom is -0.481 e. The molecule has 2 aromatic rings. The second kappa shape index (κ2) is 17.0. The number of esters is 1. The Hall–Kier alpha value is -4.06. The number of fused-ring (bicyclic) bond motifs is 5. The molecule has 1 saturated carbocycles. The summed E-state index contributed by atoms with van der Waals surface area (Å²) in [6, 6.07) is 5.32. The third-order valence-corrected chi connectivity index (χ3v) is 16.6. The van der Waals surface area contributed by atoms with Crippen LogP contribution in [-0.4, -0.2) is 113 Å². The summed E-state index contributed by atoms with van der Waals surface area (Å²) in [5.74, 6) is -0.856. The number of aryl methyl sites for hydroxylation is 1. The predicted molar refractivity (Wildman–Crippen MR) is 229 cm³/mol. The van der Waals surface area contributed by atoms with Gasteiger partial charge in [0.15, 0.2) is 11.2 Å². The summed E-state index contributed by atoms with van der Waals surface area (Å²) >= 11 is 0. The van der Waals surface area contributed by atoms with Crippen molar-refractivity contribution in [3.8, 4) is 5.75 Å². The number of amides is 1. The number of benzene rings is 1. The Kier molecular flexibility index (Phi) is 12.1. The first-order valence-corrected chi connectivity index (χ1v) is 23.2. The Bertz CT molecular complexity index is 2260. The van der Waals surface area contributed by atoms with E-state index in [9.17, 15) is 34.5 Å². The minimum atomic E-state index is -1.56. The van der Waals surface area contributed by atoms with Gasteiger partial charge >= 0.3 is 11.6 Å². The van der Waals surface area contributed by atoms with Gasteiger partial charge in [0, 0.05) is 96.5 Å². The van der Waals surface area contributed by atoms with E-state index in [4.69, 9.17) is 19.6 Å². The summed E-state index contributed by atoms with van der Waals surface area (Å²) < 4.78 is 19.8. The highest BCUT2D eigenvalue weighted by atomic mass is 33.1. The molecular formula is C44H54N4O10S2. The molecule has 322 valence electrons. The maximum absolute atomic E-state index is 14.5. The van der Waals surface area contributed by atoms with Gasteiger partial charge in [0.05, 0.1) is 30.8 Å². The molecule has 9 atom stereocenters. The molecule has 0 unspecified atom stereocenters. The van der Waals surface area contributed by atoms with Crippen molar-refractivity contribution in [1.29, 1.82) is 0 Å². The lowest BCUT2D eigenvalue weighted by Crippen LogP contribution is -2.71. The van der Waals surface area contributed by atoms with E-state index in [-0.39, 0.29) is 73.1 Å². The lowest BCUT2D eigenvalue weighted by Gasteiger charge is -2.59. The lowest BCUT2D eigenvalue weighted by molar-refractivity contribution is -0.202. The summed E-state index contributed by atoms with van der Waals surface area (Å²) in [5.41, 5.74) is 7.33. The zero-order chi connectivity index (χ0) is 42.5. The van der Waals surface area contributed by atoms with Crippen LogP contribution in [0.1, 0.15) is 50.7 Å². The highest BCUT2D eigenvalue weighted by Gasteiger charge is 2.67. The van der Waals surface area contributed by atoms with Crippen molar-refractivity contribution in [3.05, 3.63) is 86.1 Å². The molecule has 2 fully saturated rings. The van der Waals surface area contributed by atoms with E-state index in [2.05, 4.69) is 10.6 Å². The number of hydrogen-bond donors (Lipinski definition) is 6. The van der Waals surface area contributed by atoms with Gasteiger partial charge in [0.2, 0.25) is 5.91 Å². The Balaban J connectivity index is 1.31. The van der Waals surface area contributed by atoms with Gasteiger partial charge in [-0.25, -0.2) is 9.59 Å². The molecule has 4 aliphatic heterocycles. The van der Waals surface area contributed by atoms with Crippen LogP contribution in [0.5, 0.6) is 5.75 Å². The number of aliphatic hydroxyl groups excluding tert-OH is 3. The van der Waals surface area contributed by atoms with Crippen molar-refractivity contribution in [1.82, 2.24) is 15.5 Å². The van der Waals surface area contributed by atoms with Crippen LogP contribution in [0.25, 0.3) is 11.0 Å². The van der Waals surface area contributed by atoms with Crippen LogP contribution in [-0.2, 0) is 32.0 Å². The number of carbonyl (C=O) groups excluding carboxylic acids is 3. The van der Waals surface area contributed by atoms with Gasteiger partial charge in [0.1, 0.15) is 17.6 Å². The predicted octanol–water partition coefficient (Wildman–Crippen LogP) is 2.67. The van der Waals surface area contributed by atoms with Gasteiger partial charge < -0.3 is 55.3 Å². The van der Waals surface area contributed by atoms with Crippen LogP contribution >= 0.6 is 21.6 Å². The zero-order valence-corrected chi connectivity index (χ0v) is 35.7. The smallest absolute Gasteiger partial charge is 0.339 e. The van der Waals surface area contributed by atoms with Gasteiger partial charge in [-0.2, -0.15) is 0 Å². The van der Waals surface area contributed by atoms with E-state index in [0.717, 1.165) is 28.6 Å². The first-order valence-electron chi connectivity index (χ1n) is 20.8. The van der Waals surface area contributed by atoms with Crippen molar-refractivity contribution in [3.63, 3.8) is 0 Å². The molecule has 1 spiro atoms. The molecule has 6 aliphatic rings. The fraction of sp³-hybridized carbons (Fsp3) is 0.545. The number of aldehydes is 1. The number of aliphatic hydroxyl groups is 3. The largest absolute Gasteiger partial charge is 0.481 e. The molecule has 1 amide bonds. The number of dihydropyridines is 1. The number of allylic oxidation sites excluding steroid dienone is 2. The summed E-state index contributed by atoms with van der Waals surface area (Å²) in [5, 5.41) is 37.9. The quantitative estimate of drug-likeness (QED) is 0.0506. The number of hydrogen-bond acceptors (Lipinski definition) is 15. The average molecular weight is 863 g/mol. The molecule has 2 aliphatic carbocycles. The molecule has 60 heavy (non-hydrogen) atoms. The van der Waals surface area contributed by atoms with Gasteiger partial charge in [-0.3, -0.25) is 4.79 Å². The molecule has 7 N–H and O–H groups in total. The maximum Gasteiger partial charge on any atom is 0.339 e. The molecule has 14 nitrogen and oxygen atoms in total. The number of carbonyl (C=O) groups is 3. The Morgan fingerprint density at radius 3 is 2.73 bits per heavy atom. The SMILES string of the molecule is C/C=C(\CCO)C(=O)O[C@]1(C)[C@@H](CO)C=C2CSS[C@@H]3C[C@H](C=O)[C@H](NC)[C@H]4CN(C(=O)CC5=C(C=C(N)NC5)[C@H]2[C@]12Cc1cc5cc(CCCO)c(=O)oc5cc1O2)[C@H]43. The number of ether oxygens (including phenoxy) is 2. The molecular weight excluding hydrogens is 809 g/mol. The van der Waals surface area contributed by atoms with Gasteiger partial charge in [-0.15, -0.1) is 0 Å². The second-order valence-corrected chi connectivity index (χ2v) is 19.5. The van der Waals surface area contributed by atoms with E-state index in [1.807, 2.05) is 30.2 Å². The normalized spacial score (nSPS) is 32.5. The highest BCUT2D eigenvalue weighted by Crippen LogP contribution is 2.59.